The van der Waals surface area contributed by atoms with E-state index in [9.17, 15) is 14.9 Å². The second kappa shape index (κ2) is 7.64. The number of amides is 1. The molecule has 0 saturated heterocycles. The number of nitrogens with zero attached hydrogens (tertiary/aromatic N) is 2. The number of nitro groups is 1. The molecular weight excluding hydrogens is 357 g/mol. The summed E-state index contributed by atoms with van der Waals surface area (Å²) in [6, 6.07) is 10.0. The summed E-state index contributed by atoms with van der Waals surface area (Å²) in [5, 5.41) is 22.1. The molecule has 0 aromatic heterocycles. The first-order valence-corrected chi connectivity index (χ1v) is 7.22. The standard InChI is InChI=1S/C15H9Cl2N3O4/c16-11-6-10(20(22)23)2-3-13(11)19-15(21)8-24-14-4-1-9(7-18)5-12(14)17/h1-6H,8H2,(H,19,21). The van der Waals surface area contributed by atoms with Crippen molar-refractivity contribution in [3.8, 4) is 11.8 Å². The number of hydrogen-bond acceptors (Lipinski definition) is 5. The predicted molar refractivity (Wildman–Crippen MR) is 88.4 cm³/mol. The smallest absolute Gasteiger partial charge is 0.271 e. The molecule has 0 aliphatic carbocycles. The van der Waals surface area contributed by atoms with Crippen LogP contribution in [0.1, 0.15) is 5.56 Å². The third-order valence-electron chi connectivity index (χ3n) is 2.86. The molecule has 0 radical (unpaired) electrons. The Labute approximate surface area is 146 Å². The molecule has 2 rings (SSSR count). The molecule has 2 aromatic rings. The molecule has 0 spiro atoms. The van der Waals surface area contributed by atoms with Gasteiger partial charge < -0.3 is 10.1 Å². The Morgan fingerprint density at radius 2 is 2.00 bits per heavy atom. The molecule has 0 saturated carbocycles. The summed E-state index contributed by atoms with van der Waals surface area (Å²) in [4.78, 5) is 21.9. The summed E-state index contributed by atoms with van der Waals surface area (Å²) < 4.78 is 5.27. The van der Waals surface area contributed by atoms with Crippen LogP contribution in [0.25, 0.3) is 0 Å². The van der Waals surface area contributed by atoms with Gasteiger partial charge >= 0.3 is 0 Å². The maximum atomic E-state index is 11.9. The third-order valence-corrected chi connectivity index (χ3v) is 3.47. The lowest BCUT2D eigenvalue weighted by atomic mass is 10.2. The van der Waals surface area contributed by atoms with Crippen molar-refractivity contribution in [2.45, 2.75) is 0 Å². The molecule has 0 heterocycles. The number of ether oxygens (including phenoxy) is 1. The van der Waals surface area contributed by atoms with Gasteiger partial charge in [-0.3, -0.25) is 14.9 Å². The Balaban J connectivity index is 1.99. The van der Waals surface area contributed by atoms with Gasteiger partial charge in [-0.25, -0.2) is 0 Å². The largest absolute Gasteiger partial charge is 0.482 e. The van der Waals surface area contributed by atoms with Crippen LogP contribution in [-0.2, 0) is 4.79 Å². The number of nitro benzene ring substituents is 1. The number of non-ortho nitro benzene ring substituents is 1. The van der Waals surface area contributed by atoms with Crippen LogP contribution in [0.4, 0.5) is 11.4 Å². The summed E-state index contributed by atoms with van der Waals surface area (Å²) in [7, 11) is 0. The summed E-state index contributed by atoms with van der Waals surface area (Å²) in [6.07, 6.45) is 0. The van der Waals surface area contributed by atoms with Crippen LogP contribution in [0.15, 0.2) is 36.4 Å². The van der Waals surface area contributed by atoms with E-state index in [2.05, 4.69) is 5.32 Å². The number of benzene rings is 2. The van der Waals surface area contributed by atoms with Gasteiger partial charge in [-0.1, -0.05) is 23.2 Å². The lowest BCUT2D eigenvalue weighted by Crippen LogP contribution is -2.20. The molecule has 0 atom stereocenters. The molecule has 7 nitrogen and oxygen atoms in total. The zero-order valence-electron chi connectivity index (χ0n) is 12.0. The first-order valence-electron chi connectivity index (χ1n) is 6.47. The van der Waals surface area contributed by atoms with Gasteiger partial charge in [0.15, 0.2) is 6.61 Å². The summed E-state index contributed by atoms with van der Waals surface area (Å²) in [5.74, 6) is -0.271. The average molecular weight is 366 g/mol. The number of nitriles is 1. The van der Waals surface area contributed by atoms with E-state index in [1.54, 1.807) is 0 Å². The molecule has 0 unspecified atom stereocenters. The minimum Gasteiger partial charge on any atom is -0.482 e. The van der Waals surface area contributed by atoms with Crippen LogP contribution >= 0.6 is 23.2 Å². The van der Waals surface area contributed by atoms with Gasteiger partial charge in [0, 0.05) is 12.1 Å². The molecular formula is C15H9Cl2N3O4. The fraction of sp³-hybridized carbons (Fsp3) is 0.0667. The highest BCUT2D eigenvalue weighted by Crippen LogP contribution is 2.27. The van der Waals surface area contributed by atoms with Crippen molar-refractivity contribution in [2.75, 3.05) is 11.9 Å². The number of rotatable bonds is 5. The lowest BCUT2D eigenvalue weighted by molar-refractivity contribution is -0.384. The summed E-state index contributed by atoms with van der Waals surface area (Å²) >= 11 is 11.8. The van der Waals surface area contributed by atoms with Crippen LogP contribution in [0, 0.1) is 21.4 Å². The van der Waals surface area contributed by atoms with E-state index in [0.29, 0.717) is 5.56 Å². The van der Waals surface area contributed by atoms with Crippen molar-refractivity contribution in [1.82, 2.24) is 0 Å². The maximum absolute atomic E-state index is 11.9. The Morgan fingerprint density at radius 3 is 2.58 bits per heavy atom. The highest BCUT2D eigenvalue weighted by atomic mass is 35.5. The van der Waals surface area contributed by atoms with Crippen LogP contribution < -0.4 is 10.1 Å². The van der Waals surface area contributed by atoms with Gasteiger partial charge in [-0.2, -0.15) is 5.26 Å². The van der Waals surface area contributed by atoms with Crippen molar-refractivity contribution in [3.63, 3.8) is 0 Å². The van der Waals surface area contributed by atoms with Crippen molar-refractivity contribution < 1.29 is 14.5 Å². The zero-order chi connectivity index (χ0) is 17.7. The Bertz CT molecular complexity index is 849. The summed E-state index contributed by atoms with van der Waals surface area (Å²) in [6.45, 7) is -0.348. The second-order valence-corrected chi connectivity index (χ2v) is 5.33. The number of nitrogens with one attached hydrogen (secondary N) is 1. The van der Waals surface area contributed by atoms with Crippen molar-refractivity contribution in [1.29, 1.82) is 5.26 Å². The minimum atomic E-state index is -0.590. The molecule has 2 aromatic carbocycles. The van der Waals surface area contributed by atoms with Crippen LogP contribution in [0.3, 0.4) is 0 Å². The fourth-order valence-corrected chi connectivity index (χ4v) is 2.19. The van der Waals surface area contributed by atoms with Crippen LogP contribution in [-0.4, -0.2) is 17.4 Å². The Morgan fingerprint density at radius 1 is 1.25 bits per heavy atom. The lowest BCUT2D eigenvalue weighted by Gasteiger charge is -2.10. The van der Waals surface area contributed by atoms with E-state index in [4.69, 9.17) is 33.2 Å². The SMILES string of the molecule is N#Cc1ccc(OCC(=O)Nc2ccc([N+](=O)[O-])cc2Cl)c(Cl)c1. The van der Waals surface area contributed by atoms with Gasteiger partial charge in [-0.15, -0.1) is 0 Å². The quantitative estimate of drug-likeness (QED) is 0.640. The van der Waals surface area contributed by atoms with Crippen LogP contribution in [0.2, 0.25) is 10.0 Å². The predicted octanol–water partition coefficient (Wildman–Crippen LogP) is 3.79. The molecule has 1 N–H and O–H groups in total. The first-order chi connectivity index (χ1) is 11.4. The van der Waals surface area contributed by atoms with Gasteiger partial charge in [0.05, 0.1) is 32.3 Å². The Kier molecular flexibility index (Phi) is 5.58. The fourth-order valence-electron chi connectivity index (χ4n) is 1.74. The highest BCUT2D eigenvalue weighted by Gasteiger charge is 2.12. The van der Waals surface area contributed by atoms with E-state index in [-0.39, 0.29) is 33.8 Å². The highest BCUT2D eigenvalue weighted by molar-refractivity contribution is 6.34. The van der Waals surface area contributed by atoms with Gasteiger partial charge in [-0.05, 0) is 24.3 Å². The normalized spacial score (nSPS) is 9.88. The van der Waals surface area contributed by atoms with E-state index < -0.39 is 10.8 Å². The number of halogens is 2. The van der Waals surface area contributed by atoms with E-state index in [1.165, 1.54) is 30.3 Å². The minimum absolute atomic E-state index is 0.0361. The van der Waals surface area contributed by atoms with Crippen molar-refractivity contribution >= 4 is 40.5 Å². The maximum Gasteiger partial charge on any atom is 0.271 e. The molecule has 0 aliphatic rings. The molecule has 1 amide bonds. The molecule has 9 heteroatoms. The van der Waals surface area contributed by atoms with E-state index in [0.717, 1.165) is 6.07 Å². The first kappa shape index (κ1) is 17.5. The molecule has 24 heavy (non-hydrogen) atoms. The zero-order valence-corrected chi connectivity index (χ0v) is 13.5. The monoisotopic (exact) mass is 365 g/mol. The Hall–Kier alpha value is -2.82. The van der Waals surface area contributed by atoms with Gasteiger partial charge in [0.2, 0.25) is 0 Å². The molecule has 0 bridgehead atoms. The van der Waals surface area contributed by atoms with Crippen molar-refractivity contribution in [3.05, 3.63) is 62.1 Å². The van der Waals surface area contributed by atoms with Gasteiger partial charge in [0.1, 0.15) is 5.75 Å². The molecule has 0 fully saturated rings. The number of anilines is 1. The number of hydrogen-bond donors (Lipinski definition) is 1. The van der Waals surface area contributed by atoms with E-state index in [1.807, 2.05) is 6.07 Å². The van der Waals surface area contributed by atoms with Gasteiger partial charge in [0.25, 0.3) is 11.6 Å². The topological polar surface area (TPSA) is 105 Å². The van der Waals surface area contributed by atoms with Crippen molar-refractivity contribution in [2.24, 2.45) is 0 Å². The number of carbonyl (C=O) groups excluding carboxylic acids is 1. The number of carbonyl (C=O) groups is 1. The molecule has 122 valence electrons. The van der Waals surface area contributed by atoms with E-state index >= 15 is 0 Å². The summed E-state index contributed by atoms with van der Waals surface area (Å²) in [5.41, 5.74) is 0.412. The third kappa shape index (κ3) is 4.35. The second-order valence-electron chi connectivity index (χ2n) is 4.52. The van der Waals surface area contributed by atoms with Crippen LogP contribution in [0.5, 0.6) is 5.75 Å². The average Bonchev–Trinajstić information content (AvgIpc) is 2.55. The molecule has 0 aliphatic heterocycles.